The molecule has 1 aromatic carbocycles. The smallest absolute Gasteiger partial charge is 0.223 e. The van der Waals surface area contributed by atoms with Crippen LogP contribution >= 0.6 is 12.4 Å². The van der Waals surface area contributed by atoms with Crippen LogP contribution in [0.25, 0.3) is 0 Å². The van der Waals surface area contributed by atoms with Gasteiger partial charge in [0.2, 0.25) is 5.91 Å². The molecule has 0 unspecified atom stereocenters. The van der Waals surface area contributed by atoms with E-state index in [9.17, 15) is 9.18 Å². The summed E-state index contributed by atoms with van der Waals surface area (Å²) in [5, 5.41) is 3.24. The zero-order valence-corrected chi connectivity index (χ0v) is 13.9. The monoisotopic (exact) mass is 329 g/mol. The van der Waals surface area contributed by atoms with Crippen LogP contribution in [0.2, 0.25) is 0 Å². The average molecular weight is 330 g/mol. The van der Waals surface area contributed by atoms with E-state index in [4.69, 9.17) is 0 Å². The number of carbonyl (C=O) groups is 1. The quantitative estimate of drug-likeness (QED) is 0.865. The normalized spacial score (nSPS) is 14.8. The fourth-order valence-corrected chi connectivity index (χ4v) is 2.57. The molecule has 1 aliphatic heterocycles. The molecular weight excluding hydrogens is 305 g/mol. The van der Waals surface area contributed by atoms with Crippen LogP contribution in [0, 0.1) is 5.82 Å². The van der Waals surface area contributed by atoms with Crippen molar-refractivity contribution in [2.24, 2.45) is 0 Å². The average Bonchev–Trinajstić information content (AvgIpc) is 2.52. The summed E-state index contributed by atoms with van der Waals surface area (Å²) in [5.74, 6) is 0.00892. The number of amides is 1. The molecule has 0 atom stereocenters. The molecule has 0 bridgehead atoms. The summed E-state index contributed by atoms with van der Waals surface area (Å²) in [4.78, 5) is 16.2. The first-order valence-corrected chi connectivity index (χ1v) is 7.64. The number of hydrogen-bond donors (Lipinski definition) is 1. The highest BCUT2D eigenvalue weighted by molar-refractivity contribution is 5.85. The van der Waals surface area contributed by atoms with Gasteiger partial charge in [-0.3, -0.25) is 9.69 Å². The molecule has 6 heteroatoms. The lowest BCUT2D eigenvalue weighted by atomic mass is 10.2. The Hall–Kier alpha value is -1.17. The largest absolute Gasteiger partial charge is 0.340 e. The van der Waals surface area contributed by atoms with Crippen molar-refractivity contribution >= 4 is 18.3 Å². The topological polar surface area (TPSA) is 35.6 Å². The van der Waals surface area contributed by atoms with Crippen molar-refractivity contribution in [1.82, 2.24) is 15.1 Å². The van der Waals surface area contributed by atoms with Gasteiger partial charge in [-0.25, -0.2) is 4.39 Å². The molecule has 1 aromatic rings. The summed E-state index contributed by atoms with van der Waals surface area (Å²) >= 11 is 0. The fraction of sp³-hybridized carbons (Fsp3) is 0.562. The predicted molar refractivity (Wildman–Crippen MR) is 88.7 cm³/mol. The Morgan fingerprint density at radius 3 is 2.73 bits per heavy atom. The highest BCUT2D eigenvalue weighted by Crippen LogP contribution is 2.08. The van der Waals surface area contributed by atoms with Crippen molar-refractivity contribution in [2.45, 2.75) is 19.9 Å². The molecule has 0 saturated carbocycles. The van der Waals surface area contributed by atoms with E-state index >= 15 is 0 Å². The van der Waals surface area contributed by atoms with E-state index in [2.05, 4.69) is 17.1 Å². The first kappa shape index (κ1) is 18.9. The van der Waals surface area contributed by atoms with Gasteiger partial charge in [0.15, 0.2) is 0 Å². The third-order valence-corrected chi connectivity index (χ3v) is 3.85. The number of nitrogens with zero attached hydrogens (tertiary/aromatic N) is 2. The van der Waals surface area contributed by atoms with Crippen molar-refractivity contribution in [3.05, 3.63) is 35.6 Å². The second kappa shape index (κ2) is 9.77. The van der Waals surface area contributed by atoms with Gasteiger partial charge in [0.1, 0.15) is 5.82 Å². The van der Waals surface area contributed by atoms with Gasteiger partial charge < -0.3 is 10.2 Å². The number of halogens is 2. The Labute approximate surface area is 138 Å². The molecule has 4 nitrogen and oxygen atoms in total. The Balaban J connectivity index is 0.00000242. The van der Waals surface area contributed by atoms with Crippen LogP contribution in [0.15, 0.2) is 24.3 Å². The minimum absolute atomic E-state index is 0. The lowest BCUT2D eigenvalue weighted by molar-refractivity contribution is -0.132. The first-order chi connectivity index (χ1) is 10.2. The van der Waals surface area contributed by atoms with Gasteiger partial charge in [0.25, 0.3) is 0 Å². The van der Waals surface area contributed by atoms with Gasteiger partial charge >= 0.3 is 0 Å². The number of hydrogen-bond acceptors (Lipinski definition) is 3. The van der Waals surface area contributed by atoms with Crippen molar-refractivity contribution in [2.75, 3.05) is 39.3 Å². The van der Waals surface area contributed by atoms with Crippen LogP contribution in [0.3, 0.4) is 0 Å². The summed E-state index contributed by atoms with van der Waals surface area (Å²) in [6, 6.07) is 6.66. The number of carbonyl (C=O) groups excluding carboxylic acids is 1. The summed E-state index contributed by atoms with van der Waals surface area (Å²) in [7, 11) is 0. The number of nitrogens with one attached hydrogen (secondary N) is 1. The van der Waals surface area contributed by atoms with Crippen molar-refractivity contribution in [3.63, 3.8) is 0 Å². The van der Waals surface area contributed by atoms with Gasteiger partial charge in [-0.2, -0.15) is 0 Å². The molecule has 22 heavy (non-hydrogen) atoms. The van der Waals surface area contributed by atoms with Gasteiger partial charge in [-0.1, -0.05) is 19.1 Å². The van der Waals surface area contributed by atoms with Crippen LogP contribution in [-0.4, -0.2) is 55.0 Å². The second-order valence-electron chi connectivity index (χ2n) is 5.38. The minimum atomic E-state index is -0.208. The van der Waals surface area contributed by atoms with Crippen LogP contribution in [0.5, 0.6) is 0 Å². The standard InChI is InChI=1S/C16H24FN3O.ClH/c1-2-19(13-14-4-3-5-15(17)12-14)9-6-16(21)20-10-7-18-8-11-20;/h3-5,12,18H,2,6-11,13H2,1H3;1H. The molecule has 1 saturated heterocycles. The van der Waals surface area contributed by atoms with E-state index in [1.807, 2.05) is 11.0 Å². The zero-order chi connectivity index (χ0) is 15.1. The van der Waals surface area contributed by atoms with Gasteiger partial charge in [0.05, 0.1) is 0 Å². The SMILES string of the molecule is CCN(CCC(=O)N1CCNCC1)Cc1cccc(F)c1.Cl. The van der Waals surface area contributed by atoms with Crippen molar-refractivity contribution < 1.29 is 9.18 Å². The third kappa shape index (κ3) is 5.91. The van der Waals surface area contributed by atoms with Crippen LogP contribution in [-0.2, 0) is 11.3 Å². The predicted octanol–water partition coefficient (Wildman–Crippen LogP) is 1.89. The van der Waals surface area contributed by atoms with E-state index in [0.29, 0.717) is 13.0 Å². The maximum Gasteiger partial charge on any atom is 0.223 e. The molecular formula is C16H25ClFN3O. The number of piperazine rings is 1. The molecule has 0 aromatic heterocycles. The summed E-state index contributed by atoms with van der Waals surface area (Å²) in [5.41, 5.74) is 0.950. The highest BCUT2D eigenvalue weighted by atomic mass is 35.5. The van der Waals surface area contributed by atoms with Crippen LogP contribution in [0.1, 0.15) is 18.9 Å². The second-order valence-corrected chi connectivity index (χ2v) is 5.38. The lowest BCUT2D eigenvalue weighted by Crippen LogP contribution is -2.47. The van der Waals surface area contributed by atoms with E-state index in [-0.39, 0.29) is 24.1 Å². The van der Waals surface area contributed by atoms with Gasteiger partial charge in [-0.15, -0.1) is 12.4 Å². The highest BCUT2D eigenvalue weighted by Gasteiger charge is 2.16. The van der Waals surface area contributed by atoms with Crippen molar-refractivity contribution in [1.29, 1.82) is 0 Å². The molecule has 2 rings (SSSR count). The molecule has 1 heterocycles. The molecule has 0 spiro atoms. The first-order valence-electron chi connectivity index (χ1n) is 7.64. The Morgan fingerprint density at radius 1 is 1.36 bits per heavy atom. The van der Waals surface area contributed by atoms with Crippen LogP contribution in [0.4, 0.5) is 4.39 Å². The van der Waals surface area contributed by atoms with Crippen molar-refractivity contribution in [3.8, 4) is 0 Å². The maximum absolute atomic E-state index is 13.2. The number of rotatable bonds is 6. The maximum atomic E-state index is 13.2. The number of benzene rings is 1. The Morgan fingerprint density at radius 2 is 2.09 bits per heavy atom. The van der Waals surface area contributed by atoms with E-state index in [1.165, 1.54) is 6.07 Å². The summed E-state index contributed by atoms with van der Waals surface area (Å²) in [6.07, 6.45) is 0.531. The third-order valence-electron chi connectivity index (χ3n) is 3.85. The zero-order valence-electron chi connectivity index (χ0n) is 13.1. The molecule has 1 fully saturated rings. The van der Waals surface area contributed by atoms with E-state index in [0.717, 1.165) is 44.8 Å². The van der Waals surface area contributed by atoms with E-state index < -0.39 is 0 Å². The molecule has 124 valence electrons. The Bertz CT molecular complexity index is 466. The molecule has 1 amide bonds. The molecule has 1 N–H and O–H groups in total. The van der Waals surface area contributed by atoms with Crippen LogP contribution < -0.4 is 5.32 Å². The molecule has 1 aliphatic rings. The van der Waals surface area contributed by atoms with Gasteiger partial charge in [-0.05, 0) is 24.2 Å². The van der Waals surface area contributed by atoms with Gasteiger partial charge in [0, 0.05) is 45.7 Å². The minimum Gasteiger partial charge on any atom is -0.340 e. The Kier molecular flexibility index (Phi) is 8.38. The summed E-state index contributed by atoms with van der Waals surface area (Å²) < 4.78 is 13.2. The molecule has 0 aliphatic carbocycles. The molecule has 0 radical (unpaired) electrons. The summed E-state index contributed by atoms with van der Waals surface area (Å²) in [6.45, 7) is 7.68. The fourth-order valence-electron chi connectivity index (χ4n) is 2.57. The van der Waals surface area contributed by atoms with E-state index in [1.54, 1.807) is 12.1 Å². The lowest BCUT2D eigenvalue weighted by Gasteiger charge is -2.28.